The molecule has 6 heteroatoms. The van der Waals surface area contributed by atoms with Crippen molar-refractivity contribution in [2.24, 2.45) is 0 Å². The number of phenolic OH excluding ortho intramolecular Hbond substituents is 2. The molecular formula is C28H30O6. The number of ketones is 1. The zero-order valence-corrected chi connectivity index (χ0v) is 20.2. The third kappa shape index (κ3) is 5.76. The molecule has 2 aromatic carbocycles. The van der Waals surface area contributed by atoms with Crippen molar-refractivity contribution in [1.82, 2.24) is 0 Å². The molecule has 0 fully saturated rings. The lowest BCUT2D eigenvalue weighted by atomic mass is 10.0. The monoisotopic (exact) mass is 462 g/mol. The standard InChI is InChI=1S/C15H14O4.C13H16O2/c1-8-3-4-10-12(18-7-8)6-13-14(15(10)17)11(16)5-9(2)19-13;1-9(2)4-5-12-8-11(10(3)14)6-7-13(12)15/h3,5-6,17H,4,7H2,1-2H3;4,6-8,15H,5H2,1-3H3. The minimum atomic E-state index is -0.232. The molecule has 1 aliphatic heterocycles. The molecule has 0 spiro atoms. The number of allylic oxidation sites excluding steroid dienone is 3. The molecule has 0 bridgehead atoms. The summed E-state index contributed by atoms with van der Waals surface area (Å²) in [7, 11) is 0. The lowest BCUT2D eigenvalue weighted by Gasteiger charge is -2.11. The van der Waals surface area contributed by atoms with E-state index >= 15 is 0 Å². The second kappa shape index (κ2) is 10.4. The molecule has 0 aliphatic carbocycles. The number of rotatable bonds is 3. The maximum Gasteiger partial charge on any atom is 0.196 e. The Hall–Kier alpha value is -3.80. The van der Waals surface area contributed by atoms with E-state index in [4.69, 9.17) is 9.15 Å². The summed E-state index contributed by atoms with van der Waals surface area (Å²) in [5.74, 6) is 1.32. The third-order valence-corrected chi connectivity index (χ3v) is 5.51. The Morgan fingerprint density at radius 2 is 1.82 bits per heavy atom. The van der Waals surface area contributed by atoms with E-state index < -0.39 is 0 Å². The largest absolute Gasteiger partial charge is 0.508 e. The van der Waals surface area contributed by atoms with Crippen molar-refractivity contribution in [1.29, 1.82) is 0 Å². The molecule has 0 radical (unpaired) electrons. The van der Waals surface area contributed by atoms with Crippen LogP contribution in [-0.2, 0) is 12.8 Å². The molecule has 1 aliphatic rings. The third-order valence-electron chi connectivity index (χ3n) is 5.51. The van der Waals surface area contributed by atoms with Crippen molar-refractivity contribution in [3.63, 3.8) is 0 Å². The molecule has 0 saturated heterocycles. The van der Waals surface area contributed by atoms with E-state index in [0.29, 0.717) is 47.7 Å². The number of aromatic hydroxyl groups is 2. The van der Waals surface area contributed by atoms with Crippen LogP contribution in [-0.4, -0.2) is 22.6 Å². The highest BCUT2D eigenvalue weighted by molar-refractivity contribution is 5.94. The Kier molecular flexibility index (Phi) is 7.61. The van der Waals surface area contributed by atoms with Crippen LogP contribution in [0.4, 0.5) is 0 Å². The van der Waals surface area contributed by atoms with E-state index in [2.05, 4.69) is 0 Å². The van der Waals surface area contributed by atoms with Crippen LogP contribution in [0.15, 0.2) is 62.8 Å². The second-order valence-corrected chi connectivity index (χ2v) is 8.72. The van der Waals surface area contributed by atoms with Gasteiger partial charge >= 0.3 is 0 Å². The zero-order chi connectivity index (χ0) is 25.0. The van der Waals surface area contributed by atoms with Crippen molar-refractivity contribution in [3.05, 3.63) is 86.3 Å². The van der Waals surface area contributed by atoms with Crippen LogP contribution in [0.2, 0.25) is 0 Å². The first-order valence-electron chi connectivity index (χ1n) is 11.1. The first-order chi connectivity index (χ1) is 16.1. The van der Waals surface area contributed by atoms with E-state index in [9.17, 15) is 19.8 Å². The van der Waals surface area contributed by atoms with E-state index in [1.165, 1.54) is 18.6 Å². The Labute approximate surface area is 198 Å². The van der Waals surface area contributed by atoms with E-state index in [-0.39, 0.29) is 28.1 Å². The van der Waals surface area contributed by atoms with Gasteiger partial charge in [-0.2, -0.15) is 0 Å². The fraction of sp³-hybridized carbons (Fsp3) is 0.286. The molecule has 4 rings (SSSR count). The second-order valence-electron chi connectivity index (χ2n) is 8.72. The Balaban J connectivity index is 0.000000197. The summed E-state index contributed by atoms with van der Waals surface area (Å²) in [6.07, 6.45) is 5.23. The van der Waals surface area contributed by atoms with Gasteiger partial charge in [-0.1, -0.05) is 17.7 Å². The number of hydrogen-bond donors (Lipinski definition) is 2. The summed E-state index contributed by atoms with van der Waals surface area (Å²) in [6, 6.07) is 8.03. The fourth-order valence-electron chi connectivity index (χ4n) is 3.58. The summed E-state index contributed by atoms with van der Waals surface area (Å²) >= 11 is 0. The Morgan fingerprint density at radius 1 is 1.09 bits per heavy atom. The van der Waals surface area contributed by atoms with Gasteiger partial charge in [0, 0.05) is 23.3 Å². The minimum Gasteiger partial charge on any atom is -0.508 e. The number of carbonyl (C=O) groups is 1. The van der Waals surface area contributed by atoms with Gasteiger partial charge in [0.05, 0.1) is 0 Å². The van der Waals surface area contributed by atoms with Crippen LogP contribution in [0.25, 0.3) is 11.0 Å². The van der Waals surface area contributed by atoms with Gasteiger partial charge in [0.1, 0.15) is 40.6 Å². The minimum absolute atomic E-state index is 0.0217. The van der Waals surface area contributed by atoms with E-state index in [0.717, 1.165) is 11.1 Å². The predicted molar refractivity (Wildman–Crippen MR) is 133 cm³/mol. The number of benzene rings is 2. The van der Waals surface area contributed by atoms with Crippen LogP contribution in [0.1, 0.15) is 54.9 Å². The van der Waals surface area contributed by atoms with Crippen molar-refractivity contribution in [2.45, 2.75) is 47.5 Å². The Morgan fingerprint density at radius 3 is 2.50 bits per heavy atom. The smallest absolute Gasteiger partial charge is 0.196 e. The van der Waals surface area contributed by atoms with Gasteiger partial charge in [0.25, 0.3) is 0 Å². The zero-order valence-electron chi connectivity index (χ0n) is 20.2. The van der Waals surface area contributed by atoms with Gasteiger partial charge in [-0.15, -0.1) is 0 Å². The maximum atomic E-state index is 12.0. The molecule has 0 amide bonds. The number of phenols is 2. The highest BCUT2D eigenvalue weighted by Gasteiger charge is 2.19. The molecule has 3 aromatic rings. The summed E-state index contributed by atoms with van der Waals surface area (Å²) in [6.45, 7) is 9.69. The van der Waals surface area contributed by atoms with Gasteiger partial charge in [0.15, 0.2) is 11.2 Å². The topological polar surface area (TPSA) is 97.0 Å². The molecule has 2 N–H and O–H groups in total. The average Bonchev–Trinajstić information content (AvgIpc) is 2.94. The van der Waals surface area contributed by atoms with Gasteiger partial charge in [0.2, 0.25) is 0 Å². The number of fused-ring (bicyclic) bond motifs is 2. The van der Waals surface area contributed by atoms with Gasteiger partial charge in [-0.25, -0.2) is 0 Å². The van der Waals surface area contributed by atoms with Gasteiger partial charge in [-0.05, 0) is 76.8 Å². The molecular weight excluding hydrogens is 432 g/mol. The highest BCUT2D eigenvalue weighted by Crippen LogP contribution is 2.37. The molecule has 6 nitrogen and oxygen atoms in total. The molecule has 34 heavy (non-hydrogen) atoms. The molecule has 1 aromatic heterocycles. The predicted octanol–water partition coefficient (Wildman–Crippen LogP) is 5.79. The van der Waals surface area contributed by atoms with Crippen LogP contribution in [0, 0.1) is 6.92 Å². The first-order valence-corrected chi connectivity index (χ1v) is 11.1. The quantitative estimate of drug-likeness (QED) is 0.378. The SMILES string of the molecule is CC(=O)c1ccc(O)c(CC=C(C)C)c1.CC1=CCc2c(cc3oc(C)cc(=O)c3c2O)OC1. The number of hydrogen-bond acceptors (Lipinski definition) is 6. The summed E-state index contributed by atoms with van der Waals surface area (Å²) in [5.41, 5.74) is 4.50. The molecule has 0 atom stereocenters. The summed E-state index contributed by atoms with van der Waals surface area (Å²) in [5, 5.41) is 20.1. The van der Waals surface area contributed by atoms with Crippen LogP contribution in [0.5, 0.6) is 17.2 Å². The van der Waals surface area contributed by atoms with Crippen LogP contribution >= 0.6 is 0 Å². The number of Topliss-reactive ketones (excluding diaryl/α,β-unsaturated/α-hetero) is 1. The normalized spacial score (nSPS) is 12.4. The first kappa shape index (κ1) is 24.8. The van der Waals surface area contributed by atoms with Gasteiger partial charge in [-0.3, -0.25) is 9.59 Å². The van der Waals surface area contributed by atoms with Gasteiger partial charge < -0.3 is 19.4 Å². The summed E-state index contributed by atoms with van der Waals surface area (Å²) in [4.78, 5) is 23.1. The van der Waals surface area contributed by atoms with E-state index in [1.54, 1.807) is 31.2 Å². The Bertz CT molecular complexity index is 1350. The van der Waals surface area contributed by atoms with Crippen molar-refractivity contribution in [3.8, 4) is 17.2 Å². The van der Waals surface area contributed by atoms with Crippen molar-refractivity contribution < 1.29 is 24.2 Å². The molecule has 0 saturated carbocycles. The number of ether oxygens (including phenoxy) is 1. The maximum absolute atomic E-state index is 12.0. The number of aryl methyl sites for hydroxylation is 1. The lowest BCUT2D eigenvalue weighted by molar-refractivity contribution is 0.101. The van der Waals surface area contributed by atoms with Crippen LogP contribution in [0.3, 0.4) is 0 Å². The molecule has 178 valence electrons. The molecule has 2 heterocycles. The van der Waals surface area contributed by atoms with Crippen LogP contribution < -0.4 is 10.2 Å². The summed E-state index contributed by atoms with van der Waals surface area (Å²) < 4.78 is 11.1. The average molecular weight is 463 g/mol. The fourth-order valence-corrected chi connectivity index (χ4v) is 3.58. The van der Waals surface area contributed by atoms with Crippen molar-refractivity contribution >= 4 is 16.8 Å². The molecule has 0 unspecified atom stereocenters. The highest BCUT2D eigenvalue weighted by atomic mass is 16.5. The lowest BCUT2D eigenvalue weighted by Crippen LogP contribution is -2.04. The van der Waals surface area contributed by atoms with Crippen molar-refractivity contribution in [2.75, 3.05) is 6.61 Å². The van der Waals surface area contributed by atoms with E-state index in [1.807, 2.05) is 32.9 Å². The number of carbonyl (C=O) groups excluding carboxylic acids is 1.